The van der Waals surface area contributed by atoms with E-state index in [1.807, 2.05) is 24.3 Å². The molecule has 0 saturated carbocycles. The van der Waals surface area contributed by atoms with Gasteiger partial charge in [-0.15, -0.1) is 0 Å². The van der Waals surface area contributed by atoms with Gasteiger partial charge in [-0.1, -0.05) is 152 Å². The average Bonchev–Trinajstić information content (AvgIpc) is 3.57. The predicted octanol–water partition coefficient (Wildman–Crippen LogP) is 12.5. The molecule has 238 valence electrons. The van der Waals surface area contributed by atoms with Crippen LogP contribution in [0.15, 0.2) is 188 Å². The lowest BCUT2D eigenvalue weighted by molar-refractivity contribution is 1.16. The Morgan fingerprint density at radius 3 is 1.45 bits per heavy atom. The van der Waals surface area contributed by atoms with Gasteiger partial charge >= 0.3 is 0 Å². The number of hydrogen-bond donors (Lipinski definition) is 0. The summed E-state index contributed by atoms with van der Waals surface area (Å²) < 4.78 is 2.41. The highest BCUT2D eigenvalue weighted by molar-refractivity contribution is 6.28. The van der Waals surface area contributed by atoms with Gasteiger partial charge in [0.25, 0.3) is 0 Å². The fraction of sp³-hybridized carbons (Fsp3) is 0. The van der Waals surface area contributed by atoms with Crippen LogP contribution < -0.4 is 0 Å². The maximum Gasteiger partial charge on any atom is 0.160 e. The maximum absolute atomic E-state index is 5.19. The van der Waals surface area contributed by atoms with Crippen LogP contribution in [0.4, 0.5) is 0 Å². The number of fused-ring (bicyclic) bond motifs is 7. The molecular weight excluding hydrogens is 619 g/mol. The Balaban J connectivity index is 1.19. The average molecular weight is 650 g/mol. The molecule has 10 aromatic rings. The standard InChI is InChI=1S/C48H31N3/c1-3-13-32(14-4-1)36-19-11-20-37(29-36)42-31-43(50-48(49-42)35-17-5-2-6-18-35)38-21-12-22-39(30-38)51-44-27-25-33-15-7-9-23-40(33)46(44)47-41-24-10-8-16-34(41)26-28-45(47)51/h1-31H. The molecule has 3 nitrogen and oxygen atoms in total. The lowest BCUT2D eigenvalue weighted by Crippen LogP contribution is -1.98. The predicted molar refractivity (Wildman–Crippen MR) is 213 cm³/mol. The van der Waals surface area contributed by atoms with Gasteiger partial charge in [0.2, 0.25) is 0 Å². The van der Waals surface area contributed by atoms with E-state index in [9.17, 15) is 0 Å². The van der Waals surface area contributed by atoms with Crippen molar-refractivity contribution >= 4 is 43.4 Å². The molecule has 0 radical (unpaired) electrons. The number of benzene rings is 8. The van der Waals surface area contributed by atoms with Crippen molar-refractivity contribution in [2.75, 3.05) is 0 Å². The van der Waals surface area contributed by atoms with Crippen molar-refractivity contribution in [2.24, 2.45) is 0 Å². The van der Waals surface area contributed by atoms with Crippen LogP contribution in [-0.4, -0.2) is 14.5 Å². The van der Waals surface area contributed by atoms with Crippen LogP contribution in [0.2, 0.25) is 0 Å². The van der Waals surface area contributed by atoms with Crippen LogP contribution in [-0.2, 0) is 0 Å². The SMILES string of the molecule is c1ccc(-c2cccc(-c3cc(-c4cccc(-n5c6ccc7ccccc7c6c6c7ccccc7ccc65)c4)nc(-c4ccccc4)n3)c2)cc1. The van der Waals surface area contributed by atoms with Crippen LogP contribution >= 0.6 is 0 Å². The second-order valence-corrected chi connectivity index (χ2v) is 13.0. The topological polar surface area (TPSA) is 30.7 Å². The number of aromatic nitrogens is 3. The van der Waals surface area contributed by atoms with E-state index in [0.29, 0.717) is 5.82 Å². The van der Waals surface area contributed by atoms with E-state index in [1.165, 1.54) is 48.9 Å². The number of nitrogens with zero attached hydrogens (tertiary/aromatic N) is 3. The van der Waals surface area contributed by atoms with Gasteiger partial charge in [-0.3, -0.25) is 0 Å². The first kappa shape index (κ1) is 29.1. The lowest BCUT2D eigenvalue weighted by Gasteiger charge is -2.13. The Hall–Kier alpha value is -6.84. The third kappa shape index (κ3) is 4.98. The van der Waals surface area contributed by atoms with Crippen LogP contribution in [0.1, 0.15) is 0 Å². The Kier molecular flexibility index (Phi) is 6.81. The molecule has 0 aliphatic heterocycles. The molecule has 0 saturated heterocycles. The Labute approximate surface area is 295 Å². The van der Waals surface area contributed by atoms with Crippen LogP contribution in [0.25, 0.3) is 94.1 Å². The molecule has 0 atom stereocenters. The smallest absolute Gasteiger partial charge is 0.160 e. The summed E-state index contributed by atoms with van der Waals surface area (Å²) in [5.74, 6) is 0.702. The first-order valence-electron chi connectivity index (χ1n) is 17.3. The van der Waals surface area contributed by atoms with Crippen molar-refractivity contribution in [3.8, 4) is 50.7 Å². The number of hydrogen-bond acceptors (Lipinski definition) is 2. The largest absolute Gasteiger partial charge is 0.309 e. The molecular formula is C48H31N3. The van der Waals surface area contributed by atoms with Crippen molar-refractivity contribution in [3.63, 3.8) is 0 Å². The zero-order valence-corrected chi connectivity index (χ0v) is 27.7. The van der Waals surface area contributed by atoms with Crippen molar-refractivity contribution in [1.82, 2.24) is 14.5 Å². The van der Waals surface area contributed by atoms with E-state index in [0.717, 1.165) is 39.3 Å². The summed E-state index contributed by atoms with van der Waals surface area (Å²) in [5.41, 5.74) is 10.6. The Bertz CT molecular complexity index is 2810. The van der Waals surface area contributed by atoms with Gasteiger partial charge < -0.3 is 4.57 Å². The van der Waals surface area contributed by atoms with Gasteiger partial charge in [-0.2, -0.15) is 0 Å². The van der Waals surface area contributed by atoms with Gasteiger partial charge in [-0.05, 0) is 69.1 Å². The maximum atomic E-state index is 5.19. The molecule has 51 heavy (non-hydrogen) atoms. The van der Waals surface area contributed by atoms with Gasteiger partial charge in [0.15, 0.2) is 5.82 Å². The van der Waals surface area contributed by atoms with E-state index >= 15 is 0 Å². The molecule has 0 spiro atoms. The van der Waals surface area contributed by atoms with Crippen LogP contribution in [0.5, 0.6) is 0 Å². The van der Waals surface area contributed by atoms with Crippen molar-refractivity contribution in [1.29, 1.82) is 0 Å². The van der Waals surface area contributed by atoms with Crippen molar-refractivity contribution < 1.29 is 0 Å². The molecule has 2 heterocycles. The molecule has 0 amide bonds. The summed E-state index contributed by atoms with van der Waals surface area (Å²) in [4.78, 5) is 10.3. The number of rotatable bonds is 5. The van der Waals surface area contributed by atoms with E-state index < -0.39 is 0 Å². The Morgan fingerprint density at radius 1 is 0.333 bits per heavy atom. The fourth-order valence-electron chi connectivity index (χ4n) is 7.58. The molecule has 0 aliphatic carbocycles. The minimum absolute atomic E-state index is 0.702. The first-order chi connectivity index (χ1) is 25.3. The van der Waals surface area contributed by atoms with Crippen molar-refractivity contribution in [2.45, 2.75) is 0 Å². The highest BCUT2D eigenvalue weighted by atomic mass is 15.0. The summed E-state index contributed by atoms with van der Waals surface area (Å²) in [7, 11) is 0. The normalized spacial score (nSPS) is 11.5. The van der Waals surface area contributed by atoms with Crippen LogP contribution in [0.3, 0.4) is 0 Å². The molecule has 0 aliphatic rings. The summed E-state index contributed by atoms with van der Waals surface area (Å²) >= 11 is 0. The van der Waals surface area contributed by atoms with E-state index in [1.54, 1.807) is 0 Å². The van der Waals surface area contributed by atoms with E-state index in [-0.39, 0.29) is 0 Å². The molecule has 2 aromatic heterocycles. The van der Waals surface area contributed by atoms with Crippen LogP contribution in [0, 0.1) is 0 Å². The lowest BCUT2D eigenvalue weighted by atomic mass is 10.00. The molecule has 3 heteroatoms. The third-order valence-corrected chi connectivity index (χ3v) is 9.97. The zero-order chi connectivity index (χ0) is 33.7. The third-order valence-electron chi connectivity index (χ3n) is 9.97. The van der Waals surface area contributed by atoms with Gasteiger partial charge in [0.05, 0.1) is 22.4 Å². The summed E-state index contributed by atoms with van der Waals surface area (Å²) in [6.45, 7) is 0. The molecule has 8 aromatic carbocycles. The molecule has 0 unspecified atom stereocenters. The summed E-state index contributed by atoms with van der Waals surface area (Å²) in [5, 5.41) is 7.56. The summed E-state index contributed by atoms with van der Waals surface area (Å²) in [6.07, 6.45) is 0. The van der Waals surface area contributed by atoms with Crippen molar-refractivity contribution in [3.05, 3.63) is 188 Å². The first-order valence-corrected chi connectivity index (χ1v) is 17.3. The molecule has 10 rings (SSSR count). The molecule has 0 N–H and O–H groups in total. The zero-order valence-electron chi connectivity index (χ0n) is 27.7. The highest BCUT2D eigenvalue weighted by Crippen LogP contribution is 2.41. The minimum atomic E-state index is 0.702. The van der Waals surface area contributed by atoms with Gasteiger partial charge in [0, 0.05) is 33.2 Å². The monoisotopic (exact) mass is 649 g/mol. The highest BCUT2D eigenvalue weighted by Gasteiger charge is 2.18. The second-order valence-electron chi connectivity index (χ2n) is 13.0. The quantitative estimate of drug-likeness (QED) is 0.186. The van der Waals surface area contributed by atoms with Gasteiger partial charge in [-0.25, -0.2) is 9.97 Å². The summed E-state index contributed by atoms with van der Waals surface area (Å²) in [6, 6.07) is 66.7. The van der Waals surface area contributed by atoms with Gasteiger partial charge in [0.1, 0.15) is 0 Å². The minimum Gasteiger partial charge on any atom is -0.309 e. The van der Waals surface area contributed by atoms with E-state index in [4.69, 9.17) is 9.97 Å². The molecule has 0 bridgehead atoms. The molecule has 0 fully saturated rings. The van der Waals surface area contributed by atoms with E-state index in [2.05, 4.69) is 168 Å². The second kappa shape index (κ2) is 11.9. The fourth-order valence-corrected chi connectivity index (χ4v) is 7.58. The Morgan fingerprint density at radius 2 is 0.824 bits per heavy atom.